The quantitative estimate of drug-likeness (QED) is 0.356. The number of carbonyl (C=O) groups excluding carboxylic acids is 2. The van der Waals surface area contributed by atoms with Gasteiger partial charge in [-0.15, -0.1) is 0 Å². The summed E-state index contributed by atoms with van der Waals surface area (Å²) in [5, 5.41) is 13.6. The van der Waals surface area contributed by atoms with Crippen molar-refractivity contribution in [2.75, 3.05) is 25.1 Å². The zero-order valence-electron chi connectivity index (χ0n) is 14.5. The summed E-state index contributed by atoms with van der Waals surface area (Å²) in [6, 6.07) is 11.2. The smallest absolute Gasteiger partial charge is 0.331 e. The Morgan fingerprint density at radius 2 is 2.04 bits per heavy atom. The zero-order valence-corrected chi connectivity index (χ0v) is 14.5. The monoisotopic (exact) mass is 371 g/mol. The van der Waals surface area contributed by atoms with Crippen molar-refractivity contribution in [3.63, 3.8) is 0 Å². The minimum Gasteiger partial charge on any atom is -0.497 e. The van der Waals surface area contributed by atoms with E-state index in [9.17, 15) is 19.7 Å². The summed E-state index contributed by atoms with van der Waals surface area (Å²) in [6.07, 6.45) is 0. The summed E-state index contributed by atoms with van der Waals surface area (Å²) in [4.78, 5) is 35.8. The Hall–Kier alpha value is -3.62. The van der Waals surface area contributed by atoms with Crippen LogP contribution in [0.15, 0.2) is 42.5 Å². The number of nitro benzene ring substituents is 1. The van der Waals surface area contributed by atoms with Crippen molar-refractivity contribution in [1.29, 1.82) is 0 Å². The number of carbonyl (C=O) groups is 2. The molecule has 0 radical (unpaired) electrons. The SMILES string of the molecule is COc1ccc(CNC(=O)CN2CC(=O)Oc3cc([N+](=O)[O-])ccc32)cc1. The molecule has 1 amide bonds. The summed E-state index contributed by atoms with van der Waals surface area (Å²) in [5.41, 5.74) is 1.17. The maximum absolute atomic E-state index is 12.3. The van der Waals surface area contributed by atoms with E-state index in [4.69, 9.17) is 9.47 Å². The van der Waals surface area contributed by atoms with Crippen LogP contribution in [0.3, 0.4) is 0 Å². The van der Waals surface area contributed by atoms with Gasteiger partial charge in [0.2, 0.25) is 5.91 Å². The van der Waals surface area contributed by atoms with E-state index in [1.54, 1.807) is 19.2 Å². The molecule has 0 saturated heterocycles. The molecule has 0 spiro atoms. The second-order valence-corrected chi connectivity index (χ2v) is 5.86. The van der Waals surface area contributed by atoms with Gasteiger partial charge in [0.15, 0.2) is 5.75 Å². The van der Waals surface area contributed by atoms with Crippen molar-refractivity contribution in [3.8, 4) is 11.5 Å². The molecule has 0 fully saturated rings. The molecule has 1 N–H and O–H groups in total. The Kier molecular flexibility index (Phi) is 5.20. The van der Waals surface area contributed by atoms with Crippen LogP contribution in [0.4, 0.5) is 11.4 Å². The molecule has 0 aliphatic carbocycles. The van der Waals surface area contributed by atoms with Crippen molar-refractivity contribution in [3.05, 3.63) is 58.1 Å². The highest BCUT2D eigenvalue weighted by molar-refractivity contribution is 5.89. The number of anilines is 1. The van der Waals surface area contributed by atoms with E-state index < -0.39 is 10.9 Å². The van der Waals surface area contributed by atoms with Crippen LogP contribution in [-0.2, 0) is 16.1 Å². The van der Waals surface area contributed by atoms with Gasteiger partial charge in [0.25, 0.3) is 5.69 Å². The lowest BCUT2D eigenvalue weighted by Gasteiger charge is -2.28. The number of non-ortho nitro benzene ring substituents is 1. The molecule has 0 bridgehead atoms. The predicted octanol–water partition coefficient (Wildman–Crippen LogP) is 1.65. The predicted molar refractivity (Wildman–Crippen MR) is 95.8 cm³/mol. The van der Waals surface area contributed by atoms with E-state index in [1.807, 2.05) is 12.1 Å². The number of benzene rings is 2. The molecule has 9 nitrogen and oxygen atoms in total. The third-order valence-electron chi connectivity index (χ3n) is 4.02. The van der Waals surface area contributed by atoms with Gasteiger partial charge in [-0.2, -0.15) is 0 Å². The first-order chi connectivity index (χ1) is 13.0. The van der Waals surface area contributed by atoms with Gasteiger partial charge in [-0.05, 0) is 23.8 Å². The first kappa shape index (κ1) is 18.2. The second-order valence-electron chi connectivity index (χ2n) is 5.86. The number of esters is 1. The van der Waals surface area contributed by atoms with Gasteiger partial charge in [-0.25, -0.2) is 4.79 Å². The molecule has 0 saturated carbocycles. The molecule has 2 aromatic rings. The van der Waals surface area contributed by atoms with Gasteiger partial charge in [0, 0.05) is 12.6 Å². The number of nitro groups is 1. The normalized spacial score (nSPS) is 12.8. The van der Waals surface area contributed by atoms with Crippen molar-refractivity contribution < 1.29 is 24.0 Å². The molecule has 1 heterocycles. The molecule has 140 valence electrons. The number of hydrogen-bond acceptors (Lipinski definition) is 7. The molecule has 1 aliphatic heterocycles. The number of nitrogens with one attached hydrogen (secondary N) is 1. The average Bonchev–Trinajstić information content (AvgIpc) is 2.66. The molecular weight excluding hydrogens is 354 g/mol. The summed E-state index contributed by atoms with van der Waals surface area (Å²) >= 11 is 0. The molecule has 3 rings (SSSR count). The number of nitrogens with zero attached hydrogens (tertiary/aromatic N) is 2. The van der Waals surface area contributed by atoms with E-state index in [1.165, 1.54) is 23.1 Å². The lowest BCUT2D eigenvalue weighted by Crippen LogP contribution is -2.43. The highest BCUT2D eigenvalue weighted by atomic mass is 16.6. The van der Waals surface area contributed by atoms with E-state index >= 15 is 0 Å². The third kappa shape index (κ3) is 4.32. The minimum absolute atomic E-state index is 0.0726. The Labute approximate surface area is 154 Å². The topological polar surface area (TPSA) is 111 Å². The average molecular weight is 371 g/mol. The Morgan fingerprint density at radius 1 is 1.30 bits per heavy atom. The van der Waals surface area contributed by atoms with Gasteiger partial charge in [-0.1, -0.05) is 12.1 Å². The van der Waals surface area contributed by atoms with Gasteiger partial charge in [0.1, 0.15) is 12.3 Å². The first-order valence-corrected chi connectivity index (χ1v) is 8.10. The summed E-state index contributed by atoms with van der Waals surface area (Å²) in [7, 11) is 1.58. The van der Waals surface area contributed by atoms with Crippen LogP contribution in [0.1, 0.15) is 5.56 Å². The van der Waals surface area contributed by atoms with Crippen molar-refractivity contribution >= 4 is 23.3 Å². The van der Waals surface area contributed by atoms with Crippen LogP contribution in [-0.4, -0.2) is 37.0 Å². The van der Waals surface area contributed by atoms with Crippen LogP contribution in [0.2, 0.25) is 0 Å². The number of fused-ring (bicyclic) bond motifs is 1. The Morgan fingerprint density at radius 3 is 2.70 bits per heavy atom. The number of hydrogen-bond donors (Lipinski definition) is 1. The fourth-order valence-electron chi connectivity index (χ4n) is 2.67. The lowest BCUT2D eigenvalue weighted by molar-refractivity contribution is -0.384. The molecule has 27 heavy (non-hydrogen) atoms. The van der Waals surface area contributed by atoms with Crippen LogP contribution in [0, 0.1) is 10.1 Å². The molecule has 0 aromatic heterocycles. The van der Waals surface area contributed by atoms with Crippen LogP contribution >= 0.6 is 0 Å². The fraction of sp³-hybridized carbons (Fsp3) is 0.222. The molecule has 1 aliphatic rings. The lowest BCUT2D eigenvalue weighted by atomic mass is 10.2. The van der Waals surface area contributed by atoms with Crippen LogP contribution < -0.4 is 19.7 Å². The van der Waals surface area contributed by atoms with E-state index in [2.05, 4.69) is 5.32 Å². The van der Waals surface area contributed by atoms with Crippen LogP contribution in [0.5, 0.6) is 11.5 Å². The largest absolute Gasteiger partial charge is 0.497 e. The summed E-state index contributed by atoms with van der Waals surface area (Å²) < 4.78 is 10.1. The van der Waals surface area contributed by atoms with Crippen molar-refractivity contribution in [2.24, 2.45) is 0 Å². The number of rotatable bonds is 6. The van der Waals surface area contributed by atoms with Crippen LogP contribution in [0.25, 0.3) is 0 Å². The summed E-state index contributed by atoms with van der Waals surface area (Å²) in [5.74, 6) is -0.0678. The molecular formula is C18H17N3O6. The maximum Gasteiger partial charge on any atom is 0.331 e. The van der Waals surface area contributed by atoms with Crippen molar-refractivity contribution in [1.82, 2.24) is 5.32 Å². The Bertz CT molecular complexity index is 881. The van der Waals surface area contributed by atoms with Crippen molar-refractivity contribution in [2.45, 2.75) is 6.54 Å². The standard InChI is InChI=1S/C18H17N3O6/c1-26-14-5-2-12(3-6-14)9-19-17(22)10-20-11-18(23)27-16-8-13(21(24)25)4-7-15(16)20/h2-8H,9-11H2,1H3,(H,19,22). The fourth-order valence-corrected chi connectivity index (χ4v) is 2.67. The maximum atomic E-state index is 12.3. The highest BCUT2D eigenvalue weighted by Crippen LogP contribution is 2.34. The van der Waals surface area contributed by atoms with Gasteiger partial charge in [-0.3, -0.25) is 14.9 Å². The molecule has 9 heteroatoms. The van der Waals surface area contributed by atoms with Gasteiger partial charge < -0.3 is 19.7 Å². The number of amides is 1. The summed E-state index contributed by atoms with van der Waals surface area (Å²) in [6.45, 7) is 0.144. The first-order valence-electron chi connectivity index (χ1n) is 8.10. The van der Waals surface area contributed by atoms with Gasteiger partial charge >= 0.3 is 5.97 Å². The van der Waals surface area contributed by atoms with E-state index in [0.29, 0.717) is 12.2 Å². The second kappa shape index (κ2) is 7.73. The third-order valence-corrected chi connectivity index (χ3v) is 4.02. The van der Waals surface area contributed by atoms with E-state index in [0.717, 1.165) is 11.3 Å². The number of ether oxygens (including phenoxy) is 2. The minimum atomic E-state index is -0.578. The van der Waals surface area contributed by atoms with E-state index in [-0.39, 0.29) is 30.4 Å². The zero-order chi connectivity index (χ0) is 19.4. The Balaban J connectivity index is 1.65. The van der Waals surface area contributed by atoms with Gasteiger partial charge in [0.05, 0.1) is 30.3 Å². The highest BCUT2D eigenvalue weighted by Gasteiger charge is 2.27. The number of methoxy groups -OCH3 is 1. The molecule has 0 atom stereocenters. The molecule has 0 unspecified atom stereocenters. The molecule has 2 aromatic carbocycles.